The van der Waals surface area contributed by atoms with E-state index in [1.807, 2.05) is 38.1 Å². The van der Waals surface area contributed by atoms with Gasteiger partial charge in [0.25, 0.3) is 5.91 Å². The van der Waals surface area contributed by atoms with Crippen molar-refractivity contribution in [2.24, 2.45) is 21.9 Å². The summed E-state index contributed by atoms with van der Waals surface area (Å²) >= 11 is 0. The number of hydrogen-bond donors (Lipinski definition) is 3. The molecule has 0 bridgehead atoms. The van der Waals surface area contributed by atoms with E-state index in [1.165, 1.54) is 6.21 Å². The van der Waals surface area contributed by atoms with Gasteiger partial charge in [0.2, 0.25) is 0 Å². The van der Waals surface area contributed by atoms with Crippen molar-refractivity contribution in [3.63, 3.8) is 0 Å². The van der Waals surface area contributed by atoms with Gasteiger partial charge in [-0.1, -0.05) is 32.0 Å². The lowest BCUT2D eigenvalue weighted by atomic mass is 9.93. The molecule has 1 heterocycles. The molecule has 1 aromatic carbocycles. The van der Waals surface area contributed by atoms with Gasteiger partial charge in [-0.05, 0) is 24.8 Å². The second kappa shape index (κ2) is 7.51. The van der Waals surface area contributed by atoms with Gasteiger partial charge in [0.15, 0.2) is 5.71 Å². The highest BCUT2D eigenvalue weighted by molar-refractivity contribution is 6.60. The van der Waals surface area contributed by atoms with Gasteiger partial charge in [-0.2, -0.15) is 5.10 Å². The highest BCUT2D eigenvalue weighted by Crippen LogP contribution is 2.34. The molecule has 1 aliphatic rings. The van der Waals surface area contributed by atoms with Crippen LogP contribution in [0.1, 0.15) is 38.3 Å². The number of fused-ring (bicyclic) bond motifs is 1. The van der Waals surface area contributed by atoms with Gasteiger partial charge in [0, 0.05) is 17.1 Å². The van der Waals surface area contributed by atoms with Crippen molar-refractivity contribution in [2.45, 2.75) is 38.8 Å². The maximum absolute atomic E-state index is 12.6. The second-order valence-electron chi connectivity index (χ2n) is 6.80. The average Bonchev–Trinajstić information content (AvgIpc) is 3.45. The van der Waals surface area contributed by atoms with E-state index in [2.05, 4.69) is 20.4 Å². The van der Waals surface area contributed by atoms with Crippen molar-refractivity contribution < 1.29 is 9.90 Å². The number of nitrogens with one attached hydrogen (secondary N) is 1. The predicted molar refractivity (Wildman–Crippen MR) is 102 cm³/mol. The molecule has 7 heteroatoms. The first kappa shape index (κ1) is 17.8. The van der Waals surface area contributed by atoms with Crippen LogP contribution in [0.5, 0.6) is 5.75 Å². The highest BCUT2D eigenvalue weighted by atomic mass is 16.3. The summed E-state index contributed by atoms with van der Waals surface area (Å²) in [4.78, 5) is 21.1. The maximum Gasteiger partial charge on any atom is 0.273 e. The maximum atomic E-state index is 12.6. The third-order valence-electron chi connectivity index (χ3n) is 4.39. The van der Waals surface area contributed by atoms with Crippen LogP contribution >= 0.6 is 0 Å². The van der Waals surface area contributed by atoms with Crippen LogP contribution in [0.3, 0.4) is 0 Å². The van der Waals surface area contributed by atoms with Crippen LogP contribution in [-0.2, 0) is 4.79 Å². The molecule has 1 amide bonds. The average molecular weight is 353 g/mol. The van der Waals surface area contributed by atoms with E-state index < -0.39 is 11.9 Å². The van der Waals surface area contributed by atoms with Crippen LogP contribution in [0.25, 0.3) is 10.9 Å². The molecule has 1 fully saturated rings. The molecule has 1 aliphatic carbocycles. The molecule has 4 N–H and O–H groups in total. The number of nitrogens with zero attached hydrogens (tertiary/aromatic N) is 3. The fraction of sp³-hybridized carbons (Fsp3) is 0.368. The lowest BCUT2D eigenvalue weighted by Gasteiger charge is -2.24. The largest absolute Gasteiger partial charge is 0.505 e. The van der Waals surface area contributed by atoms with E-state index in [0.29, 0.717) is 11.1 Å². The predicted octanol–water partition coefficient (Wildman–Crippen LogP) is 2.30. The van der Waals surface area contributed by atoms with E-state index in [4.69, 9.17) is 5.84 Å². The van der Waals surface area contributed by atoms with Crippen LogP contribution in [0.2, 0.25) is 0 Å². The summed E-state index contributed by atoms with van der Waals surface area (Å²) in [6.45, 7) is 3.93. The fourth-order valence-electron chi connectivity index (χ4n) is 2.77. The normalized spacial score (nSPS) is 16.3. The summed E-state index contributed by atoms with van der Waals surface area (Å²) in [6, 6.07) is 7.23. The van der Waals surface area contributed by atoms with Crippen molar-refractivity contribution in [3.05, 3.63) is 36.0 Å². The Balaban J connectivity index is 1.87. The zero-order valence-electron chi connectivity index (χ0n) is 14.9. The minimum Gasteiger partial charge on any atom is -0.505 e. The van der Waals surface area contributed by atoms with Gasteiger partial charge in [-0.15, -0.1) is 0 Å². The zero-order chi connectivity index (χ0) is 18.7. The zero-order valence-corrected chi connectivity index (χ0v) is 14.9. The number of phenols is 1. The third kappa shape index (κ3) is 3.82. The summed E-state index contributed by atoms with van der Waals surface area (Å²) in [5.41, 5.74) is 1.18. The number of aromatic hydroxyl groups is 1. The monoisotopic (exact) mass is 353 g/mol. The number of rotatable bonds is 6. The Morgan fingerprint density at radius 2 is 2.15 bits per heavy atom. The molecular formula is C19H23N5O2. The molecule has 0 aliphatic heterocycles. The first-order chi connectivity index (χ1) is 12.5. The first-order valence-electron chi connectivity index (χ1n) is 8.69. The molecule has 0 radical (unpaired) electrons. The summed E-state index contributed by atoms with van der Waals surface area (Å²) < 4.78 is 0. The van der Waals surface area contributed by atoms with E-state index in [9.17, 15) is 9.90 Å². The van der Waals surface area contributed by atoms with E-state index >= 15 is 0 Å². The number of pyridine rings is 1. The number of carbonyl (C=O) groups excluding carboxylic acids is 1. The molecule has 136 valence electrons. The number of hydrogen-bond acceptors (Lipinski definition) is 6. The standard InChI is InChI=1S/C19H23N5O2/c1-11(2)16(23-19(26)15(24-20)10-22-13-6-7-13)14-8-5-12-4-3-9-21-17(12)18(14)25/h3-5,8-11,13,16,25H,6-7,20H2,1-2H3,(H,23,26)/b22-10?,24-15+. The number of hydrazone groups is 1. The Kier molecular flexibility index (Phi) is 5.16. The van der Waals surface area contributed by atoms with Crippen LogP contribution in [0.4, 0.5) is 0 Å². The summed E-state index contributed by atoms with van der Waals surface area (Å²) in [6.07, 6.45) is 5.11. The van der Waals surface area contributed by atoms with Crippen molar-refractivity contribution in [1.29, 1.82) is 0 Å². The molecular weight excluding hydrogens is 330 g/mol. The number of benzene rings is 1. The molecule has 0 saturated heterocycles. The lowest BCUT2D eigenvalue weighted by Crippen LogP contribution is -2.37. The van der Waals surface area contributed by atoms with Crippen molar-refractivity contribution in [1.82, 2.24) is 10.3 Å². The van der Waals surface area contributed by atoms with Gasteiger partial charge >= 0.3 is 0 Å². The quantitative estimate of drug-likeness (QED) is 0.420. The fourth-order valence-corrected chi connectivity index (χ4v) is 2.77. The molecule has 1 atom stereocenters. The van der Waals surface area contributed by atoms with Crippen molar-refractivity contribution >= 4 is 28.7 Å². The van der Waals surface area contributed by atoms with Gasteiger partial charge in [-0.25, -0.2) is 0 Å². The molecule has 26 heavy (non-hydrogen) atoms. The minimum absolute atomic E-state index is 0.0328. The Hall–Kier alpha value is -2.96. The van der Waals surface area contributed by atoms with Gasteiger partial charge in [0.05, 0.1) is 18.3 Å². The van der Waals surface area contributed by atoms with Gasteiger partial charge in [0.1, 0.15) is 11.3 Å². The van der Waals surface area contributed by atoms with Crippen molar-refractivity contribution in [2.75, 3.05) is 0 Å². The van der Waals surface area contributed by atoms with Crippen molar-refractivity contribution in [3.8, 4) is 5.75 Å². The van der Waals surface area contributed by atoms with E-state index in [0.717, 1.165) is 18.2 Å². The Morgan fingerprint density at radius 3 is 2.81 bits per heavy atom. The van der Waals surface area contributed by atoms with Crippen LogP contribution in [-0.4, -0.2) is 34.0 Å². The highest BCUT2D eigenvalue weighted by Gasteiger charge is 2.25. The van der Waals surface area contributed by atoms with E-state index in [-0.39, 0.29) is 23.4 Å². The van der Waals surface area contributed by atoms with E-state index in [1.54, 1.807) is 6.20 Å². The topological polar surface area (TPSA) is 113 Å². The second-order valence-corrected chi connectivity index (χ2v) is 6.80. The molecule has 7 nitrogen and oxygen atoms in total. The molecule has 3 rings (SSSR count). The van der Waals surface area contributed by atoms with Crippen LogP contribution < -0.4 is 11.2 Å². The smallest absolute Gasteiger partial charge is 0.273 e. The first-order valence-corrected chi connectivity index (χ1v) is 8.69. The Morgan fingerprint density at radius 1 is 1.38 bits per heavy atom. The third-order valence-corrected chi connectivity index (χ3v) is 4.39. The lowest BCUT2D eigenvalue weighted by molar-refractivity contribution is -0.115. The van der Waals surface area contributed by atoms with Crippen LogP contribution in [0.15, 0.2) is 40.6 Å². The number of phenolic OH excluding ortho intramolecular Hbond substituents is 1. The summed E-state index contributed by atoms with van der Waals surface area (Å²) in [7, 11) is 0. The number of aliphatic imine (C=N–C) groups is 1. The molecule has 1 unspecified atom stereocenters. The summed E-state index contributed by atoms with van der Waals surface area (Å²) in [5, 5.41) is 18.0. The number of amides is 1. The number of nitrogens with two attached hydrogens (primary N) is 1. The summed E-state index contributed by atoms with van der Waals surface area (Å²) in [5.74, 6) is 5.03. The minimum atomic E-state index is -0.420. The molecule has 1 saturated carbocycles. The molecule has 2 aromatic rings. The molecule has 0 spiro atoms. The number of carbonyl (C=O) groups is 1. The Labute approximate surface area is 152 Å². The van der Waals surface area contributed by atoms with Gasteiger partial charge < -0.3 is 16.3 Å². The molecule has 1 aromatic heterocycles. The van der Waals surface area contributed by atoms with Gasteiger partial charge in [-0.3, -0.25) is 14.8 Å². The Bertz CT molecular complexity index is 871. The van der Waals surface area contributed by atoms with Crippen LogP contribution in [0, 0.1) is 5.92 Å². The SMILES string of the molecule is CC(C)C(NC(=O)/C(C=NC1CC1)=N/N)c1ccc2cccnc2c1O. The number of aromatic nitrogens is 1.